The Morgan fingerprint density at radius 2 is 2.06 bits per heavy atom. The SMILES string of the molecule is O=C(CNc1ccc(F)c(F)c1)NC1CC1. The van der Waals surface area contributed by atoms with Crippen LogP contribution in [-0.4, -0.2) is 18.5 Å². The lowest BCUT2D eigenvalue weighted by molar-refractivity contribution is -0.119. The Balaban J connectivity index is 1.83. The Kier molecular flexibility index (Phi) is 3.03. The van der Waals surface area contributed by atoms with Crippen LogP contribution in [0.2, 0.25) is 0 Å². The van der Waals surface area contributed by atoms with Gasteiger partial charge in [0.25, 0.3) is 0 Å². The number of rotatable bonds is 4. The second-order valence-corrected chi connectivity index (χ2v) is 3.82. The highest BCUT2D eigenvalue weighted by molar-refractivity contribution is 5.81. The third-order valence-corrected chi connectivity index (χ3v) is 2.32. The van der Waals surface area contributed by atoms with E-state index in [-0.39, 0.29) is 12.5 Å². The van der Waals surface area contributed by atoms with Gasteiger partial charge in [-0.25, -0.2) is 8.78 Å². The minimum absolute atomic E-state index is 0.0710. The van der Waals surface area contributed by atoms with Crippen LogP contribution >= 0.6 is 0 Å². The number of hydrogen-bond acceptors (Lipinski definition) is 2. The lowest BCUT2D eigenvalue weighted by atomic mass is 10.3. The molecule has 1 amide bonds. The van der Waals surface area contributed by atoms with Crippen molar-refractivity contribution in [3.8, 4) is 0 Å². The van der Waals surface area contributed by atoms with Crippen molar-refractivity contribution < 1.29 is 13.6 Å². The molecule has 0 aromatic heterocycles. The molecule has 0 bridgehead atoms. The van der Waals surface area contributed by atoms with Gasteiger partial charge in [0.15, 0.2) is 11.6 Å². The molecule has 16 heavy (non-hydrogen) atoms. The Morgan fingerprint density at radius 3 is 2.69 bits per heavy atom. The minimum atomic E-state index is -0.924. The first-order chi connectivity index (χ1) is 7.65. The summed E-state index contributed by atoms with van der Waals surface area (Å²) < 4.78 is 25.4. The molecule has 0 atom stereocenters. The molecule has 0 unspecified atom stereocenters. The molecule has 1 aromatic rings. The predicted molar refractivity (Wildman–Crippen MR) is 56.0 cm³/mol. The summed E-state index contributed by atoms with van der Waals surface area (Å²) in [5.74, 6) is -1.95. The molecular weight excluding hydrogens is 214 g/mol. The van der Waals surface area contributed by atoms with Gasteiger partial charge in [0, 0.05) is 17.8 Å². The molecule has 3 nitrogen and oxygen atoms in total. The van der Waals surface area contributed by atoms with Crippen molar-refractivity contribution in [2.24, 2.45) is 0 Å². The van der Waals surface area contributed by atoms with Gasteiger partial charge in [-0.3, -0.25) is 4.79 Å². The molecule has 2 rings (SSSR count). The highest BCUT2D eigenvalue weighted by Gasteiger charge is 2.22. The largest absolute Gasteiger partial charge is 0.376 e. The Bertz CT molecular complexity index is 405. The van der Waals surface area contributed by atoms with Gasteiger partial charge in [-0.1, -0.05) is 0 Å². The Morgan fingerprint density at radius 1 is 1.31 bits per heavy atom. The first-order valence-corrected chi connectivity index (χ1v) is 5.13. The van der Waals surface area contributed by atoms with E-state index >= 15 is 0 Å². The smallest absolute Gasteiger partial charge is 0.239 e. The molecule has 5 heteroatoms. The monoisotopic (exact) mass is 226 g/mol. The van der Waals surface area contributed by atoms with E-state index in [1.165, 1.54) is 6.07 Å². The molecule has 0 radical (unpaired) electrons. The average molecular weight is 226 g/mol. The molecule has 0 aliphatic heterocycles. The first kappa shape index (κ1) is 10.9. The number of benzene rings is 1. The summed E-state index contributed by atoms with van der Waals surface area (Å²) in [5, 5.41) is 5.51. The van der Waals surface area contributed by atoms with E-state index in [0.717, 1.165) is 25.0 Å². The third kappa shape index (κ3) is 2.92. The van der Waals surface area contributed by atoms with Crippen LogP contribution in [0, 0.1) is 11.6 Å². The van der Waals surface area contributed by atoms with Crippen molar-refractivity contribution in [2.75, 3.05) is 11.9 Å². The summed E-state index contributed by atoms with van der Waals surface area (Å²) in [6, 6.07) is 3.75. The molecule has 0 heterocycles. The van der Waals surface area contributed by atoms with Crippen molar-refractivity contribution >= 4 is 11.6 Å². The van der Waals surface area contributed by atoms with Crippen LogP contribution in [0.15, 0.2) is 18.2 Å². The first-order valence-electron chi connectivity index (χ1n) is 5.13. The molecular formula is C11H12F2N2O. The average Bonchev–Trinajstić information content (AvgIpc) is 3.04. The van der Waals surface area contributed by atoms with E-state index in [1.54, 1.807) is 0 Å². The molecule has 1 aliphatic carbocycles. The van der Waals surface area contributed by atoms with E-state index in [2.05, 4.69) is 10.6 Å². The van der Waals surface area contributed by atoms with Gasteiger partial charge in [0.1, 0.15) is 0 Å². The maximum absolute atomic E-state index is 12.8. The lowest BCUT2D eigenvalue weighted by Gasteiger charge is -2.07. The fourth-order valence-corrected chi connectivity index (χ4v) is 1.29. The quantitative estimate of drug-likeness (QED) is 0.819. The zero-order chi connectivity index (χ0) is 11.5. The zero-order valence-electron chi connectivity index (χ0n) is 8.59. The second kappa shape index (κ2) is 4.47. The van der Waals surface area contributed by atoms with Gasteiger partial charge in [-0.2, -0.15) is 0 Å². The zero-order valence-corrected chi connectivity index (χ0v) is 8.59. The van der Waals surface area contributed by atoms with Gasteiger partial charge in [0.2, 0.25) is 5.91 Å². The number of halogens is 2. The molecule has 1 aliphatic rings. The summed E-state index contributed by atoms with van der Waals surface area (Å²) in [4.78, 5) is 11.3. The number of nitrogens with one attached hydrogen (secondary N) is 2. The molecule has 0 saturated heterocycles. The maximum atomic E-state index is 12.8. The normalized spacial score (nSPS) is 14.6. The van der Waals surface area contributed by atoms with Crippen molar-refractivity contribution in [1.82, 2.24) is 5.32 Å². The Hall–Kier alpha value is -1.65. The summed E-state index contributed by atoms with van der Waals surface area (Å²) in [5.41, 5.74) is 0.393. The highest BCUT2D eigenvalue weighted by atomic mass is 19.2. The summed E-state index contributed by atoms with van der Waals surface area (Å²) in [6.45, 7) is 0.0710. The van der Waals surface area contributed by atoms with Gasteiger partial charge >= 0.3 is 0 Å². The van der Waals surface area contributed by atoms with Crippen molar-refractivity contribution in [1.29, 1.82) is 0 Å². The summed E-state index contributed by atoms with van der Waals surface area (Å²) in [7, 11) is 0. The molecule has 0 spiro atoms. The molecule has 1 aromatic carbocycles. The number of carbonyl (C=O) groups is 1. The number of amides is 1. The maximum Gasteiger partial charge on any atom is 0.239 e. The Labute approximate surface area is 91.8 Å². The lowest BCUT2D eigenvalue weighted by Crippen LogP contribution is -2.31. The van der Waals surface area contributed by atoms with Gasteiger partial charge in [-0.15, -0.1) is 0 Å². The van der Waals surface area contributed by atoms with Gasteiger partial charge in [-0.05, 0) is 25.0 Å². The molecule has 1 saturated carbocycles. The molecule has 2 N–H and O–H groups in total. The fourth-order valence-electron chi connectivity index (χ4n) is 1.29. The highest BCUT2D eigenvalue weighted by Crippen LogP contribution is 2.18. The number of carbonyl (C=O) groups excluding carboxylic acids is 1. The van der Waals surface area contributed by atoms with Crippen LogP contribution in [0.3, 0.4) is 0 Å². The van der Waals surface area contributed by atoms with E-state index in [1.807, 2.05) is 0 Å². The second-order valence-electron chi connectivity index (χ2n) is 3.82. The minimum Gasteiger partial charge on any atom is -0.376 e. The van der Waals surface area contributed by atoms with Crippen molar-refractivity contribution in [3.05, 3.63) is 29.8 Å². The predicted octanol–water partition coefficient (Wildman–Crippen LogP) is 1.66. The van der Waals surface area contributed by atoms with Crippen molar-refractivity contribution in [3.63, 3.8) is 0 Å². The van der Waals surface area contributed by atoms with Crippen molar-refractivity contribution in [2.45, 2.75) is 18.9 Å². The van der Waals surface area contributed by atoms with Gasteiger partial charge in [0.05, 0.1) is 6.54 Å². The van der Waals surface area contributed by atoms with Crippen LogP contribution < -0.4 is 10.6 Å². The molecule has 1 fully saturated rings. The number of hydrogen-bond donors (Lipinski definition) is 2. The van der Waals surface area contributed by atoms with Crippen LogP contribution in [0.1, 0.15) is 12.8 Å². The van der Waals surface area contributed by atoms with Crippen LogP contribution in [0.5, 0.6) is 0 Å². The fraction of sp³-hybridized carbons (Fsp3) is 0.364. The molecule has 86 valence electrons. The number of anilines is 1. The van der Waals surface area contributed by atoms with E-state index in [4.69, 9.17) is 0 Å². The van der Waals surface area contributed by atoms with E-state index in [9.17, 15) is 13.6 Å². The van der Waals surface area contributed by atoms with Crippen LogP contribution in [0.4, 0.5) is 14.5 Å². The van der Waals surface area contributed by atoms with Crippen LogP contribution in [-0.2, 0) is 4.79 Å². The summed E-state index contributed by atoms with van der Waals surface area (Å²) in [6.07, 6.45) is 2.05. The topological polar surface area (TPSA) is 41.1 Å². The van der Waals surface area contributed by atoms with Gasteiger partial charge < -0.3 is 10.6 Å². The standard InChI is InChI=1S/C11H12F2N2O/c12-9-4-3-8(5-10(9)13)14-6-11(16)15-7-1-2-7/h3-5,7,14H,1-2,6H2,(H,15,16). The van der Waals surface area contributed by atoms with E-state index in [0.29, 0.717) is 11.7 Å². The summed E-state index contributed by atoms with van der Waals surface area (Å²) >= 11 is 0. The third-order valence-electron chi connectivity index (χ3n) is 2.32. The van der Waals surface area contributed by atoms with Crippen LogP contribution in [0.25, 0.3) is 0 Å². The van der Waals surface area contributed by atoms with E-state index < -0.39 is 11.6 Å².